The van der Waals surface area contributed by atoms with E-state index >= 15 is 0 Å². The number of rotatable bonds is 1. The van der Waals surface area contributed by atoms with Crippen LogP contribution in [-0.2, 0) is 9.53 Å². The molecule has 88 valence electrons. The van der Waals surface area contributed by atoms with Gasteiger partial charge in [0, 0.05) is 13.1 Å². The highest BCUT2D eigenvalue weighted by molar-refractivity contribution is 5.72. The minimum atomic E-state index is -1.73. The standard InChI is InChI=1S/C5H10N2O2.C3H5FO2/c6-5(8)7-1-3-9-4-2-7;1-2(4)3(5)6/h1-4H2,(H2,6,8);2H,1H3,(H,5,6). The van der Waals surface area contributed by atoms with Gasteiger partial charge in [-0.25, -0.2) is 14.0 Å². The first kappa shape index (κ1) is 13.6. The lowest BCUT2D eigenvalue weighted by atomic mass is 10.4. The van der Waals surface area contributed by atoms with Crippen LogP contribution in [-0.4, -0.2) is 54.5 Å². The zero-order chi connectivity index (χ0) is 11.8. The molecule has 1 saturated heterocycles. The number of primary amides is 1. The van der Waals surface area contributed by atoms with E-state index in [1.54, 1.807) is 4.90 Å². The Bertz CT molecular complexity index is 217. The fourth-order valence-corrected chi connectivity index (χ4v) is 0.784. The molecule has 0 aliphatic carbocycles. The largest absolute Gasteiger partial charge is 0.479 e. The molecule has 0 aromatic carbocycles. The number of urea groups is 1. The van der Waals surface area contributed by atoms with E-state index in [-0.39, 0.29) is 6.03 Å². The van der Waals surface area contributed by atoms with Gasteiger partial charge in [-0.05, 0) is 6.92 Å². The lowest BCUT2D eigenvalue weighted by molar-refractivity contribution is -0.142. The second-order valence-electron chi connectivity index (χ2n) is 2.89. The Kier molecular flexibility index (Phi) is 6.35. The highest BCUT2D eigenvalue weighted by atomic mass is 19.1. The topological polar surface area (TPSA) is 92.9 Å². The predicted molar refractivity (Wildman–Crippen MR) is 50.2 cm³/mol. The molecule has 0 radical (unpaired) electrons. The lowest BCUT2D eigenvalue weighted by Gasteiger charge is -2.24. The molecule has 0 aromatic heterocycles. The maximum Gasteiger partial charge on any atom is 0.337 e. The van der Waals surface area contributed by atoms with Crippen LogP contribution in [0.4, 0.5) is 9.18 Å². The molecule has 1 aliphatic rings. The Morgan fingerprint density at radius 1 is 1.47 bits per heavy atom. The molecule has 1 rings (SSSR count). The summed E-state index contributed by atoms with van der Waals surface area (Å²) in [7, 11) is 0. The molecule has 1 atom stereocenters. The van der Waals surface area contributed by atoms with Crippen molar-refractivity contribution >= 4 is 12.0 Å². The monoisotopic (exact) mass is 222 g/mol. The van der Waals surface area contributed by atoms with Crippen molar-refractivity contribution in [1.82, 2.24) is 4.90 Å². The van der Waals surface area contributed by atoms with E-state index < -0.39 is 12.1 Å². The number of hydrogen-bond acceptors (Lipinski definition) is 3. The summed E-state index contributed by atoms with van der Waals surface area (Å²) >= 11 is 0. The third-order valence-corrected chi connectivity index (χ3v) is 1.66. The molecule has 1 fully saturated rings. The van der Waals surface area contributed by atoms with Crippen molar-refractivity contribution in [3.05, 3.63) is 0 Å². The van der Waals surface area contributed by atoms with Crippen LogP contribution in [0, 0.1) is 0 Å². The van der Waals surface area contributed by atoms with E-state index in [0.29, 0.717) is 26.3 Å². The van der Waals surface area contributed by atoms with Gasteiger partial charge in [-0.15, -0.1) is 0 Å². The van der Waals surface area contributed by atoms with E-state index in [9.17, 15) is 14.0 Å². The van der Waals surface area contributed by atoms with Crippen LogP contribution in [0.25, 0.3) is 0 Å². The zero-order valence-corrected chi connectivity index (χ0v) is 8.48. The van der Waals surface area contributed by atoms with E-state index in [1.807, 2.05) is 0 Å². The summed E-state index contributed by atoms with van der Waals surface area (Å²) in [6.45, 7) is 3.47. The van der Waals surface area contributed by atoms with Crippen molar-refractivity contribution in [2.24, 2.45) is 5.73 Å². The molecule has 15 heavy (non-hydrogen) atoms. The summed E-state index contributed by atoms with van der Waals surface area (Å²) in [6, 6.07) is -0.349. The molecule has 0 saturated carbocycles. The number of carbonyl (C=O) groups is 2. The van der Waals surface area contributed by atoms with Gasteiger partial charge in [-0.3, -0.25) is 0 Å². The Morgan fingerprint density at radius 3 is 2.07 bits per heavy atom. The maximum atomic E-state index is 11.2. The van der Waals surface area contributed by atoms with Gasteiger partial charge in [0.1, 0.15) is 0 Å². The summed E-state index contributed by atoms with van der Waals surface area (Å²) in [6.07, 6.45) is -1.73. The number of amides is 2. The summed E-state index contributed by atoms with van der Waals surface area (Å²) in [5, 5.41) is 7.62. The fraction of sp³-hybridized carbons (Fsp3) is 0.750. The molecule has 1 heterocycles. The predicted octanol–water partition coefficient (Wildman–Crippen LogP) is -0.174. The Labute approximate surface area is 86.8 Å². The van der Waals surface area contributed by atoms with Crippen molar-refractivity contribution in [1.29, 1.82) is 0 Å². The lowest BCUT2D eigenvalue weighted by Crippen LogP contribution is -2.43. The van der Waals surface area contributed by atoms with Gasteiger partial charge < -0.3 is 20.5 Å². The second-order valence-corrected chi connectivity index (χ2v) is 2.89. The molecule has 7 heteroatoms. The summed E-state index contributed by atoms with van der Waals surface area (Å²) in [4.78, 5) is 21.3. The Balaban J connectivity index is 0.000000288. The Hall–Kier alpha value is -1.37. The van der Waals surface area contributed by atoms with Crippen LogP contribution in [0.5, 0.6) is 0 Å². The normalized spacial score (nSPS) is 17.3. The minimum Gasteiger partial charge on any atom is -0.479 e. The van der Waals surface area contributed by atoms with Crippen LogP contribution in [0.3, 0.4) is 0 Å². The molecule has 1 aliphatic heterocycles. The number of hydrogen-bond donors (Lipinski definition) is 2. The molecule has 0 spiro atoms. The van der Waals surface area contributed by atoms with Gasteiger partial charge in [-0.2, -0.15) is 0 Å². The van der Waals surface area contributed by atoms with Crippen LogP contribution in [0.15, 0.2) is 0 Å². The van der Waals surface area contributed by atoms with E-state index in [0.717, 1.165) is 6.92 Å². The third-order valence-electron chi connectivity index (χ3n) is 1.66. The molecule has 0 aromatic rings. The molecule has 6 nitrogen and oxygen atoms in total. The van der Waals surface area contributed by atoms with E-state index in [2.05, 4.69) is 0 Å². The van der Waals surface area contributed by atoms with Crippen molar-refractivity contribution < 1.29 is 23.8 Å². The average Bonchev–Trinajstić information content (AvgIpc) is 2.20. The molecule has 3 N–H and O–H groups in total. The number of ether oxygens (including phenoxy) is 1. The number of halogens is 1. The average molecular weight is 222 g/mol. The highest BCUT2D eigenvalue weighted by Gasteiger charge is 2.12. The highest BCUT2D eigenvalue weighted by Crippen LogP contribution is 1.94. The molecular weight excluding hydrogens is 207 g/mol. The number of carboxylic acid groups (broad SMARTS) is 1. The van der Waals surface area contributed by atoms with Crippen molar-refractivity contribution in [3.8, 4) is 0 Å². The maximum absolute atomic E-state index is 11.2. The van der Waals surface area contributed by atoms with E-state index in [4.69, 9.17) is 15.6 Å². The van der Waals surface area contributed by atoms with Crippen LogP contribution in [0.1, 0.15) is 6.92 Å². The summed E-state index contributed by atoms with van der Waals surface area (Å²) in [5.74, 6) is -1.41. The number of nitrogens with two attached hydrogens (primary N) is 1. The van der Waals surface area contributed by atoms with Gasteiger partial charge in [0.2, 0.25) is 0 Å². The quantitative estimate of drug-likeness (QED) is 0.644. The number of carboxylic acids is 1. The van der Waals surface area contributed by atoms with E-state index in [1.165, 1.54) is 0 Å². The minimum absolute atomic E-state index is 0.349. The van der Waals surface area contributed by atoms with Gasteiger partial charge in [0.05, 0.1) is 13.2 Å². The first-order chi connectivity index (χ1) is 6.95. The smallest absolute Gasteiger partial charge is 0.337 e. The third kappa shape index (κ3) is 6.67. The van der Waals surface area contributed by atoms with Crippen LogP contribution < -0.4 is 5.73 Å². The number of alkyl halides is 1. The van der Waals surface area contributed by atoms with Crippen molar-refractivity contribution in [3.63, 3.8) is 0 Å². The first-order valence-electron chi connectivity index (χ1n) is 4.44. The van der Waals surface area contributed by atoms with Gasteiger partial charge >= 0.3 is 12.0 Å². The van der Waals surface area contributed by atoms with Gasteiger partial charge in [0.15, 0.2) is 6.17 Å². The SMILES string of the molecule is CC(F)C(=O)O.NC(=O)N1CCOCC1. The number of aliphatic carboxylic acids is 1. The molecular formula is C8H15FN2O4. The number of carbonyl (C=O) groups excluding carboxylic acids is 1. The van der Waals surface area contributed by atoms with Crippen molar-refractivity contribution in [2.75, 3.05) is 26.3 Å². The van der Waals surface area contributed by atoms with Gasteiger partial charge in [-0.1, -0.05) is 0 Å². The van der Waals surface area contributed by atoms with Crippen molar-refractivity contribution in [2.45, 2.75) is 13.1 Å². The van der Waals surface area contributed by atoms with Crippen LogP contribution >= 0.6 is 0 Å². The fourth-order valence-electron chi connectivity index (χ4n) is 0.784. The zero-order valence-electron chi connectivity index (χ0n) is 8.48. The molecule has 1 unspecified atom stereocenters. The summed E-state index contributed by atoms with van der Waals surface area (Å²) < 4.78 is 16.2. The molecule has 0 bridgehead atoms. The Morgan fingerprint density at radius 2 is 1.87 bits per heavy atom. The summed E-state index contributed by atoms with van der Waals surface area (Å²) in [5.41, 5.74) is 5.00. The van der Waals surface area contributed by atoms with Gasteiger partial charge in [0.25, 0.3) is 0 Å². The first-order valence-corrected chi connectivity index (χ1v) is 4.44. The second kappa shape index (κ2) is 6.99. The number of nitrogens with zero attached hydrogens (tertiary/aromatic N) is 1. The van der Waals surface area contributed by atoms with Crippen LogP contribution in [0.2, 0.25) is 0 Å². The number of morpholine rings is 1. The molecule has 2 amide bonds.